The van der Waals surface area contributed by atoms with Crippen molar-refractivity contribution in [2.24, 2.45) is 0 Å². The summed E-state index contributed by atoms with van der Waals surface area (Å²) in [5.41, 5.74) is 3.27. The number of rotatable bonds is 5. The van der Waals surface area contributed by atoms with Crippen molar-refractivity contribution in [1.29, 1.82) is 0 Å². The van der Waals surface area contributed by atoms with Gasteiger partial charge in [0.1, 0.15) is 11.5 Å². The largest absolute Gasteiger partial charge is 0.351 e. The molecule has 4 N–H and O–H groups in total. The van der Waals surface area contributed by atoms with Crippen LogP contribution in [0.25, 0.3) is 0 Å². The van der Waals surface area contributed by atoms with Crippen LogP contribution in [0.3, 0.4) is 0 Å². The zero-order valence-corrected chi connectivity index (χ0v) is 13.7. The summed E-state index contributed by atoms with van der Waals surface area (Å²) < 4.78 is 0. The number of hydrogen-bond donors (Lipinski definition) is 4. The molecule has 0 unspecified atom stereocenters. The van der Waals surface area contributed by atoms with Crippen LogP contribution in [0.5, 0.6) is 0 Å². The SMILES string of the molecule is CC(=O)Nc1ccc(Nc2[nH]ncc2Nc2cccc(Cl)c2)cc1. The van der Waals surface area contributed by atoms with Crippen LogP contribution in [0.15, 0.2) is 54.7 Å². The minimum absolute atomic E-state index is 0.0997. The fraction of sp³-hybridized carbons (Fsp3) is 0.0588. The van der Waals surface area contributed by atoms with E-state index in [9.17, 15) is 4.79 Å². The van der Waals surface area contributed by atoms with Crippen LogP contribution in [-0.4, -0.2) is 16.1 Å². The summed E-state index contributed by atoms with van der Waals surface area (Å²) in [6.07, 6.45) is 1.69. The van der Waals surface area contributed by atoms with Gasteiger partial charge in [-0.2, -0.15) is 5.10 Å². The second kappa shape index (κ2) is 7.06. The standard InChI is InChI=1S/C17H16ClN5O/c1-11(24)20-13-5-7-14(8-6-13)22-17-16(10-19-23-17)21-15-4-2-3-12(18)9-15/h2-10,21H,1H3,(H,20,24)(H2,19,22,23). The molecule has 2 aromatic carbocycles. The zero-order chi connectivity index (χ0) is 16.9. The van der Waals surface area contributed by atoms with E-state index in [1.165, 1.54) is 6.92 Å². The van der Waals surface area contributed by atoms with Crippen molar-refractivity contribution in [2.45, 2.75) is 6.92 Å². The predicted octanol–water partition coefficient (Wildman–Crippen LogP) is 4.51. The molecule has 6 nitrogen and oxygen atoms in total. The highest BCUT2D eigenvalue weighted by Crippen LogP contribution is 2.27. The Morgan fingerprint density at radius 3 is 2.50 bits per heavy atom. The molecule has 0 saturated carbocycles. The van der Waals surface area contributed by atoms with Crippen molar-refractivity contribution in [3.63, 3.8) is 0 Å². The Hall–Kier alpha value is -2.99. The van der Waals surface area contributed by atoms with Gasteiger partial charge in [0.25, 0.3) is 0 Å². The van der Waals surface area contributed by atoms with E-state index in [4.69, 9.17) is 11.6 Å². The van der Waals surface area contributed by atoms with Gasteiger partial charge in [-0.15, -0.1) is 0 Å². The minimum Gasteiger partial charge on any atom is -0.351 e. The highest BCUT2D eigenvalue weighted by atomic mass is 35.5. The monoisotopic (exact) mass is 341 g/mol. The maximum atomic E-state index is 11.0. The quantitative estimate of drug-likeness (QED) is 0.550. The van der Waals surface area contributed by atoms with E-state index < -0.39 is 0 Å². The topological polar surface area (TPSA) is 81.8 Å². The van der Waals surface area contributed by atoms with E-state index in [0.717, 1.165) is 28.6 Å². The maximum Gasteiger partial charge on any atom is 0.221 e. The normalized spacial score (nSPS) is 10.2. The average molecular weight is 342 g/mol. The van der Waals surface area contributed by atoms with Crippen molar-refractivity contribution in [1.82, 2.24) is 10.2 Å². The van der Waals surface area contributed by atoms with Gasteiger partial charge in [-0.1, -0.05) is 17.7 Å². The first-order valence-corrected chi connectivity index (χ1v) is 7.68. The van der Waals surface area contributed by atoms with Crippen LogP contribution in [0.2, 0.25) is 5.02 Å². The number of aromatic nitrogens is 2. The Labute approximate surface area is 144 Å². The molecule has 0 bridgehead atoms. The third-order valence-electron chi connectivity index (χ3n) is 3.22. The summed E-state index contributed by atoms with van der Waals surface area (Å²) >= 11 is 6.00. The number of amides is 1. The second-order valence-corrected chi connectivity index (χ2v) is 5.61. The number of carbonyl (C=O) groups is 1. The Morgan fingerprint density at radius 2 is 1.79 bits per heavy atom. The number of hydrogen-bond acceptors (Lipinski definition) is 4. The van der Waals surface area contributed by atoms with Gasteiger partial charge < -0.3 is 16.0 Å². The summed E-state index contributed by atoms with van der Waals surface area (Å²) in [7, 11) is 0. The van der Waals surface area contributed by atoms with Crippen molar-refractivity contribution < 1.29 is 4.79 Å². The van der Waals surface area contributed by atoms with E-state index >= 15 is 0 Å². The van der Waals surface area contributed by atoms with Crippen molar-refractivity contribution in [2.75, 3.05) is 16.0 Å². The molecular formula is C17H16ClN5O. The molecule has 0 radical (unpaired) electrons. The molecule has 24 heavy (non-hydrogen) atoms. The van der Waals surface area contributed by atoms with Crippen molar-refractivity contribution >= 4 is 46.1 Å². The third-order valence-corrected chi connectivity index (χ3v) is 3.45. The summed E-state index contributed by atoms with van der Waals surface area (Å²) in [5.74, 6) is 0.625. The van der Waals surface area contributed by atoms with Gasteiger partial charge in [0.2, 0.25) is 5.91 Å². The van der Waals surface area contributed by atoms with Gasteiger partial charge in [0, 0.05) is 29.0 Å². The second-order valence-electron chi connectivity index (χ2n) is 5.18. The zero-order valence-electron chi connectivity index (χ0n) is 12.9. The molecule has 0 aliphatic carbocycles. The third kappa shape index (κ3) is 4.05. The van der Waals surface area contributed by atoms with E-state index in [0.29, 0.717) is 5.02 Å². The van der Waals surface area contributed by atoms with Crippen molar-refractivity contribution in [3.05, 3.63) is 59.8 Å². The molecule has 3 aromatic rings. The molecule has 3 rings (SSSR count). The first-order valence-electron chi connectivity index (χ1n) is 7.31. The van der Waals surface area contributed by atoms with E-state index in [-0.39, 0.29) is 5.91 Å². The Kier molecular flexibility index (Phi) is 4.67. The molecule has 0 atom stereocenters. The number of H-pyrrole nitrogens is 1. The Bertz CT molecular complexity index is 844. The highest BCUT2D eigenvalue weighted by Gasteiger charge is 2.06. The van der Waals surface area contributed by atoms with Crippen LogP contribution in [-0.2, 0) is 4.79 Å². The highest BCUT2D eigenvalue weighted by molar-refractivity contribution is 6.30. The Morgan fingerprint density at radius 1 is 1.04 bits per heavy atom. The lowest BCUT2D eigenvalue weighted by atomic mass is 10.2. The van der Waals surface area contributed by atoms with Crippen LogP contribution in [0, 0.1) is 0 Å². The molecule has 0 aliphatic rings. The van der Waals surface area contributed by atoms with E-state index in [1.54, 1.807) is 6.20 Å². The smallest absolute Gasteiger partial charge is 0.221 e. The van der Waals surface area contributed by atoms with E-state index in [1.807, 2.05) is 48.5 Å². The molecule has 1 aromatic heterocycles. The molecule has 1 heterocycles. The first-order chi connectivity index (χ1) is 11.6. The van der Waals surface area contributed by atoms with Crippen molar-refractivity contribution in [3.8, 4) is 0 Å². The van der Waals surface area contributed by atoms with Crippen LogP contribution in [0.4, 0.5) is 28.6 Å². The molecule has 1 amide bonds. The maximum absolute atomic E-state index is 11.0. The molecule has 0 spiro atoms. The minimum atomic E-state index is -0.0997. The van der Waals surface area contributed by atoms with Gasteiger partial charge in [-0.05, 0) is 42.5 Å². The van der Waals surface area contributed by atoms with Gasteiger partial charge >= 0.3 is 0 Å². The van der Waals surface area contributed by atoms with Gasteiger partial charge in [-0.3, -0.25) is 9.89 Å². The molecular weight excluding hydrogens is 326 g/mol. The van der Waals surface area contributed by atoms with Crippen LogP contribution < -0.4 is 16.0 Å². The Balaban J connectivity index is 1.72. The molecule has 7 heteroatoms. The predicted molar refractivity (Wildman–Crippen MR) is 97.4 cm³/mol. The van der Waals surface area contributed by atoms with Gasteiger partial charge in [0.15, 0.2) is 0 Å². The number of nitrogens with one attached hydrogen (secondary N) is 4. The summed E-state index contributed by atoms with van der Waals surface area (Å²) in [4.78, 5) is 11.0. The number of benzene rings is 2. The molecule has 0 aliphatic heterocycles. The molecule has 0 fully saturated rings. The fourth-order valence-electron chi connectivity index (χ4n) is 2.18. The number of aromatic amines is 1. The summed E-state index contributed by atoms with van der Waals surface area (Å²) in [6.45, 7) is 1.48. The average Bonchev–Trinajstić information content (AvgIpc) is 2.96. The lowest BCUT2D eigenvalue weighted by Gasteiger charge is -2.10. The number of carbonyl (C=O) groups excluding carboxylic acids is 1. The summed E-state index contributed by atoms with van der Waals surface area (Å²) in [6, 6.07) is 14.8. The fourth-order valence-corrected chi connectivity index (χ4v) is 2.37. The van der Waals surface area contributed by atoms with Crippen LogP contribution >= 0.6 is 11.6 Å². The van der Waals surface area contributed by atoms with Crippen LogP contribution in [0.1, 0.15) is 6.92 Å². The first kappa shape index (κ1) is 15.9. The number of nitrogens with zero attached hydrogens (tertiary/aromatic N) is 1. The number of halogens is 1. The summed E-state index contributed by atoms with van der Waals surface area (Å²) in [5, 5.41) is 16.8. The van der Waals surface area contributed by atoms with Gasteiger partial charge in [0.05, 0.1) is 6.20 Å². The van der Waals surface area contributed by atoms with E-state index in [2.05, 4.69) is 26.1 Å². The lowest BCUT2D eigenvalue weighted by molar-refractivity contribution is -0.114. The van der Waals surface area contributed by atoms with Gasteiger partial charge in [-0.25, -0.2) is 0 Å². The molecule has 122 valence electrons. The number of anilines is 5. The molecule has 0 saturated heterocycles. The lowest BCUT2D eigenvalue weighted by Crippen LogP contribution is -2.05.